The van der Waals surface area contributed by atoms with E-state index in [2.05, 4.69) is 13.2 Å². The molecule has 3 nitrogen and oxygen atoms in total. The number of alkyl halides is 1. The number of carbonyl (C=O) groups excluding carboxylic acids is 2. The summed E-state index contributed by atoms with van der Waals surface area (Å²) in [5.41, 5.74) is 0.642. The van der Waals surface area contributed by atoms with Gasteiger partial charge in [-0.3, -0.25) is 4.79 Å². The number of ketones is 2. The van der Waals surface area contributed by atoms with Crippen LogP contribution < -0.4 is 0 Å². The van der Waals surface area contributed by atoms with E-state index in [1.54, 1.807) is 13.0 Å². The number of benzene rings is 1. The van der Waals surface area contributed by atoms with Gasteiger partial charge in [0.2, 0.25) is 0 Å². The third-order valence-electron chi connectivity index (χ3n) is 5.31. The van der Waals surface area contributed by atoms with E-state index in [9.17, 15) is 9.59 Å². The van der Waals surface area contributed by atoms with E-state index in [0.29, 0.717) is 24.0 Å². The van der Waals surface area contributed by atoms with Gasteiger partial charge in [-0.15, -0.1) is 0 Å². The van der Waals surface area contributed by atoms with Crippen molar-refractivity contribution < 1.29 is 18.7 Å². The number of carbonyl (C=O) groups is 2. The largest absolute Gasteiger partial charge is 0.368 e. The van der Waals surface area contributed by atoms with Crippen LogP contribution in [-0.4, -0.2) is 23.8 Å². The molecule has 0 spiro atoms. The normalized spacial score (nSPS) is 14.6. The van der Waals surface area contributed by atoms with E-state index in [-0.39, 0.29) is 24.1 Å². The Morgan fingerprint density at radius 1 is 1.20 bits per heavy atom. The zero-order valence-electron chi connectivity index (χ0n) is 19.4. The molecule has 4 heteroatoms. The molecule has 0 aromatic heterocycles. The number of Topliss-reactive ketones (excluding diaryl/α,β-unsaturated/α-hetero) is 2. The molecule has 0 aliphatic heterocycles. The van der Waals surface area contributed by atoms with Crippen LogP contribution in [0.15, 0.2) is 43.0 Å². The lowest BCUT2D eigenvalue weighted by atomic mass is 9.81. The van der Waals surface area contributed by atoms with Gasteiger partial charge in [0.15, 0.2) is 11.5 Å². The van der Waals surface area contributed by atoms with E-state index in [0.717, 1.165) is 24.0 Å². The summed E-state index contributed by atoms with van der Waals surface area (Å²) in [6.07, 6.45) is 3.94. The maximum absolute atomic E-state index is 15.2. The molecule has 0 N–H and O–H groups in total. The molecule has 0 saturated heterocycles. The molecule has 166 valence electrons. The molecule has 0 saturated carbocycles. The smallest absolute Gasteiger partial charge is 0.184 e. The molecule has 30 heavy (non-hydrogen) atoms. The molecule has 0 bridgehead atoms. The highest BCUT2D eigenvalue weighted by Gasteiger charge is 2.28. The molecule has 0 aliphatic rings. The van der Waals surface area contributed by atoms with Crippen LogP contribution in [0, 0.1) is 0 Å². The van der Waals surface area contributed by atoms with Crippen molar-refractivity contribution in [3.05, 3.63) is 59.7 Å². The molecule has 1 unspecified atom stereocenters. The fourth-order valence-electron chi connectivity index (χ4n) is 3.34. The Morgan fingerprint density at radius 3 is 2.37 bits per heavy atom. The number of unbranched alkanes of at least 4 members (excludes halogenated alkanes) is 1. The topological polar surface area (TPSA) is 43.4 Å². The maximum Gasteiger partial charge on any atom is 0.184 e. The van der Waals surface area contributed by atoms with Crippen molar-refractivity contribution in [1.82, 2.24) is 0 Å². The average Bonchev–Trinajstić information content (AvgIpc) is 2.67. The summed E-state index contributed by atoms with van der Waals surface area (Å²) in [5.74, 6) is -0.280. The molecule has 1 aromatic rings. The second kappa shape index (κ2) is 10.8. The van der Waals surface area contributed by atoms with Crippen molar-refractivity contribution in [3.8, 4) is 0 Å². The Labute approximate surface area is 181 Å². The van der Waals surface area contributed by atoms with Crippen molar-refractivity contribution >= 4 is 11.6 Å². The molecular weight excluding hydrogens is 379 g/mol. The van der Waals surface area contributed by atoms with Crippen molar-refractivity contribution in [2.45, 2.75) is 84.4 Å². The van der Waals surface area contributed by atoms with Crippen LogP contribution in [0.2, 0.25) is 0 Å². The first kappa shape index (κ1) is 26.0. The average molecular weight is 417 g/mol. The highest BCUT2D eigenvalue weighted by atomic mass is 19.1. The second-order valence-electron chi connectivity index (χ2n) is 9.13. The van der Waals surface area contributed by atoms with E-state index >= 15 is 4.39 Å². The lowest BCUT2D eigenvalue weighted by molar-refractivity contribution is -0.125. The highest BCUT2D eigenvalue weighted by Crippen LogP contribution is 2.36. The zero-order valence-corrected chi connectivity index (χ0v) is 19.4. The van der Waals surface area contributed by atoms with Gasteiger partial charge in [-0.2, -0.15) is 0 Å². The Morgan fingerprint density at radius 2 is 1.83 bits per heavy atom. The first-order valence-electron chi connectivity index (χ1n) is 10.6. The van der Waals surface area contributed by atoms with Gasteiger partial charge in [0.1, 0.15) is 12.4 Å². The summed E-state index contributed by atoms with van der Waals surface area (Å²) in [6, 6.07) is 5.51. The van der Waals surface area contributed by atoms with Gasteiger partial charge in [-0.05, 0) is 76.1 Å². The van der Waals surface area contributed by atoms with Gasteiger partial charge in [0, 0.05) is 12.3 Å². The lowest BCUT2D eigenvalue weighted by Gasteiger charge is -2.26. The molecule has 0 heterocycles. The van der Waals surface area contributed by atoms with Crippen molar-refractivity contribution in [2.24, 2.45) is 0 Å². The van der Waals surface area contributed by atoms with Crippen molar-refractivity contribution in [3.63, 3.8) is 0 Å². The molecular formula is C26H37FO3. The number of ether oxygens (including phenoxy) is 1. The fourth-order valence-corrected chi connectivity index (χ4v) is 3.34. The third kappa shape index (κ3) is 7.64. The Bertz CT molecular complexity index is 784. The molecule has 2 atom stereocenters. The highest BCUT2D eigenvalue weighted by molar-refractivity contribution is 5.97. The minimum absolute atomic E-state index is 0.0339. The van der Waals surface area contributed by atoms with Crippen LogP contribution in [-0.2, 0) is 26.4 Å². The standard InChI is InChI=1S/C26H37FO3/c1-9-26(8,27)23-16-12-15-21(22(23)14-11-10-13-18(2)28)19(3)20(4)24(29)17-30-25(5,6)7/h9,12,15-16,19H,1,4,10-11,13-14,17H2,2-3,5-8H3/t19-,26?/m0/s1. The van der Waals surface area contributed by atoms with Crippen LogP contribution >= 0.6 is 0 Å². The summed E-state index contributed by atoms with van der Waals surface area (Å²) >= 11 is 0. The fraction of sp³-hybridized carbons (Fsp3) is 0.538. The minimum atomic E-state index is -1.69. The van der Waals surface area contributed by atoms with Gasteiger partial charge >= 0.3 is 0 Å². The number of allylic oxidation sites excluding steroid dienone is 1. The van der Waals surface area contributed by atoms with Gasteiger partial charge < -0.3 is 9.53 Å². The molecule has 0 fully saturated rings. The summed E-state index contributed by atoms with van der Waals surface area (Å²) in [4.78, 5) is 23.9. The van der Waals surface area contributed by atoms with Gasteiger partial charge in [-0.25, -0.2) is 4.39 Å². The quantitative estimate of drug-likeness (QED) is 0.225. The summed E-state index contributed by atoms with van der Waals surface area (Å²) in [6.45, 7) is 18.3. The predicted molar refractivity (Wildman–Crippen MR) is 122 cm³/mol. The van der Waals surface area contributed by atoms with E-state index in [1.807, 2.05) is 39.8 Å². The number of halogens is 1. The van der Waals surface area contributed by atoms with Crippen molar-refractivity contribution in [1.29, 1.82) is 0 Å². The summed E-state index contributed by atoms with van der Waals surface area (Å²) in [7, 11) is 0. The SMILES string of the molecule is C=CC(C)(F)c1cccc([C@@H](C)C(=C)C(=O)COC(C)(C)C)c1CCCCC(C)=O. The molecule has 0 amide bonds. The first-order chi connectivity index (χ1) is 13.8. The Balaban J connectivity index is 3.20. The van der Waals surface area contributed by atoms with E-state index in [4.69, 9.17) is 4.74 Å². The monoisotopic (exact) mass is 416 g/mol. The van der Waals surface area contributed by atoms with Gasteiger partial charge in [-0.1, -0.05) is 44.4 Å². The van der Waals surface area contributed by atoms with Crippen LogP contribution in [0.3, 0.4) is 0 Å². The summed E-state index contributed by atoms with van der Waals surface area (Å²) in [5, 5.41) is 0. The predicted octanol–water partition coefficient (Wildman–Crippen LogP) is 6.40. The van der Waals surface area contributed by atoms with Gasteiger partial charge in [0.05, 0.1) is 5.60 Å². The molecule has 1 rings (SSSR count). The van der Waals surface area contributed by atoms with Crippen molar-refractivity contribution in [2.75, 3.05) is 6.61 Å². The summed E-state index contributed by atoms with van der Waals surface area (Å²) < 4.78 is 20.8. The Hall–Kier alpha value is -2.07. The van der Waals surface area contributed by atoms with Crippen LogP contribution in [0.5, 0.6) is 0 Å². The third-order valence-corrected chi connectivity index (χ3v) is 5.31. The molecule has 0 aliphatic carbocycles. The van der Waals surface area contributed by atoms with Gasteiger partial charge in [0.25, 0.3) is 0 Å². The number of rotatable bonds is 12. The van der Waals surface area contributed by atoms with Crippen LogP contribution in [0.4, 0.5) is 4.39 Å². The molecule has 0 radical (unpaired) electrons. The lowest BCUT2D eigenvalue weighted by Crippen LogP contribution is -2.25. The maximum atomic E-state index is 15.2. The second-order valence-corrected chi connectivity index (χ2v) is 9.13. The zero-order chi connectivity index (χ0) is 23.1. The van der Waals surface area contributed by atoms with E-state index < -0.39 is 11.3 Å². The number of hydrogen-bond acceptors (Lipinski definition) is 3. The van der Waals surface area contributed by atoms with Crippen LogP contribution in [0.1, 0.15) is 83.4 Å². The van der Waals surface area contributed by atoms with E-state index in [1.165, 1.54) is 13.0 Å². The Kier molecular flexibility index (Phi) is 9.35. The number of hydrogen-bond donors (Lipinski definition) is 0. The first-order valence-corrected chi connectivity index (χ1v) is 10.6. The van der Waals surface area contributed by atoms with Crippen LogP contribution in [0.25, 0.3) is 0 Å². The molecule has 1 aromatic carbocycles. The minimum Gasteiger partial charge on any atom is -0.368 e.